The van der Waals surface area contributed by atoms with Crippen molar-refractivity contribution in [1.82, 2.24) is 19.8 Å². The van der Waals surface area contributed by atoms with Gasteiger partial charge in [-0.25, -0.2) is 16.8 Å². The Morgan fingerprint density at radius 3 is 1.29 bits per heavy atom. The molecule has 12 nitrogen and oxygen atoms in total. The first kappa shape index (κ1) is 44.2. The smallest absolute Gasteiger partial charge is 0.361 e. The van der Waals surface area contributed by atoms with Gasteiger partial charge in [0.05, 0.1) is 21.3 Å². The van der Waals surface area contributed by atoms with Crippen LogP contribution in [0.15, 0.2) is 119 Å². The number of nitrogens with one attached hydrogen (secondary N) is 2. The van der Waals surface area contributed by atoms with Crippen LogP contribution in [0.2, 0.25) is 0 Å². The van der Waals surface area contributed by atoms with Crippen molar-refractivity contribution >= 4 is 51.9 Å². The second kappa shape index (κ2) is 19.4. The number of aromatic nitrogens is 2. The molecule has 0 saturated carbocycles. The van der Waals surface area contributed by atoms with Crippen LogP contribution in [-0.2, 0) is 55.8 Å². The first-order valence-electron chi connectivity index (χ1n) is 19.9. The Bertz CT molecular complexity index is 2470. The molecule has 15 heteroatoms. The van der Waals surface area contributed by atoms with E-state index in [0.717, 1.165) is 35.0 Å². The first-order valence-corrected chi connectivity index (χ1v) is 24.6. The highest BCUT2D eigenvalue weighted by Crippen LogP contribution is 2.28. The normalized spacial score (nSPS) is 17.8. The van der Waals surface area contributed by atoms with Gasteiger partial charge in [0.2, 0.25) is 0 Å². The van der Waals surface area contributed by atoms with Gasteiger partial charge < -0.3 is 19.8 Å². The summed E-state index contributed by atoms with van der Waals surface area (Å²) in [5, 5.41) is 2.45. The van der Waals surface area contributed by atoms with Crippen LogP contribution in [0.1, 0.15) is 47.9 Å². The van der Waals surface area contributed by atoms with E-state index in [-0.39, 0.29) is 11.5 Å². The van der Waals surface area contributed by atoms with Crippen molar-refractivity contribution in [3.63, 3.8) is 0 Å². The van der Waals surface area contributed by atoms with Crippen LogP contribution >= 0.6 is 0 Å². The van der Waals surface area contributed by atoms with Crippen LogP contribution in [0.5, 0.6) is 0 Å². The summed E-state index contributed by atoms with van der Waals surface area (Å²) in [6.45, 7) is 2.35. The van der Waals surface area contributed by atoms with Crippen molar-refractivity contribution in [2.24, 2.45) is 0 Å². The number of aryl methyl sites for hydroxylation is 2. The first-order chi connectivity index (χ1) is 28.1. The maximum atomic E-state index is 12.5. The van der Waals surface area contributed by atoms with Crippen molar-refractivity contribution in [2.45, 2.75) is 73.2 Å². The third-order valence-electron chi connectivity index (χ3n) is 11.4. The van der Waals surface area contributed by atoms with E-state index >= 15 is 0 Å². The molecule has 2 aromatic heterocycles. The van der Waals surface area contributed by atoms with E-state index in [1.165, 1.54) is 60.7 Å². The van der Waals surface area contributed by atoms with Crippen LogP contribution in [0, 0.1) is 0 Å². The number of hydrogen-bond donors (Lipinski definition) is 4. The molecule has 0 radical (unpaired) electrons. The van der Waals surface area contributed by atoms with E-state index < -0.39 is 30.1 Å². The third-order valence-corrected chi connectivity index (χ3v) is 14.9. The van der Waals surface area contributed by atoms with Crippen molar-refractivity contribution in [3.8, 4) is 0 Å². The second-order valence-corrected chi connectivity index (χ2v) is 20.7. The van der Waals surface area contributed by atoms with Gasteiger partial charge in [0.25, 0.3) is 0 Å². The Kier molecular flexibility index (Phi) is 14.5. The summed E-state index contributed by atoms with van der Waals surface area (Å²) in [7, 11) is -6.76. The predicted molar refractivity (Wildman–Crippen MR) is 234 cm³/mol. The average Bonchev–Trinajstić information content (AvgIpc) is 4.02. The Balaban J connectivity index is 0.000000178. The number of aromatic amines is 2. The number of hydrogen-bond acceptors (Lipinski definition) is 8. The lowest BCUT2D eigenvalue weighted by Gasteiger charge is -2.18. The molecule has 0 unspecified atom stereocenters. The summed E-state index contributed by atoms with van der Waals surface area (Å²) in [6.07, 6.45) is 12.4. The molecule has 0 amide bonds. The lowest BCUT2D eigenvalue weighted by molar-refractivity contribution is 0.310. The molecule has 2 saturated heterocycles. The summed E-state index contributed by atoms with van der Waals surface area (Å²) in [5.41, 5.74) is 7.05. The van der Waals surface area contributed by atoms with Gasteiger partial charge in [-0.2, -0.15) is 8.42 Å². The minimum atomic E-state index is -4.67. The Labute approximate surface area is 348 Å². The van der Waals surface area contributed by atoms with E-state index in [9.17, 15) is 16.8 Å². The van der Waals surface area contributed by atoms with Crippen molar-refractivity contribution in [1.29, 1.82) is 0 Å². The average molecular weight is 863 g/mol. The number of nitrogens with zero attached hydrogens (tertiary/aromatic N) is 2. The van der Waals surface area contributed by atoms with Crippen molar-refractivity contribution < 1.29 is 34.4 Å². The molecule has 2 atom stereocenters. The quantitative estimate of drug-likeness (QED) is 0.0937. The molecule has 2 fully saturated rings. The highest BCUT2D eigenvalue weighted by atomic mass is 32.3. The van der Waals surface area contributed by atoms with Gasteiger partial charge >= 0.3 is 10.4 Å². The number of rotatable bonds is 12. The molecular weight excluding hydrogens is 809 g/mol. The maximum absolute atomic E-state index is 12.5. The lowest BCUT2D eigenvalue weighted by Crippen LogP contribution is -2.26. The molecule has 4 N–H and O–H groups in total. The molecule has 8 rings (SSSR count). The van der Waals surface area contributed by atoms with Gasteiger partial charge in [-0.15, -0.1) is 0 Å². The van der Waals surface area contributed by atoms with Crippen LogP contribution in [0.25, 0.3) is 21.8 Å². The molecule has 0 aliphatic carbocycles. The molecule has 4 heterocycles. The van der Waals surface area contributed by atoms with Crippen LogP contribution in [0.4, 0.5) is 0 Å². The van der Waals surface area contributed by atoms with Crippen molar-refractivity contribution in [2.75, 3.05) is 38.7 Å². The molecule has 0 bridgehead atoms. The Hall–Kier alpha value is -4.35. The number of benzene rings is 4. The standard InChI is InChI=1S/2C22H26N2O2S.H2O4S/c2*1-24-12-5-6-19(24)15-18-16-23-22-10-9-17(14-21(18)22)11-13-27(25,26)20-7-3-2-4-8-20;1-5(2,3)4/h2*2-4,7-10,14,16,19,23H,5-6,11-13,15H2,1H3;(H2,1,2,3,4)/t2*19-;/m11./s1. The van der Waals surface area contributed by atoms with Gasteiger partial charge in [-0.3, -0.25) is 9.11 Å². The Morgan fingerprint density at radius 1 is 0.576 bits per heavy atom. The minimum absolute atomic E-state index is 0.133. The number of fused-ring (bicyclic) bond motifs is 2. The Morgan fingerprint density at radius 2 is 0.949 bits per heavy atom. The zero-order valence-electron chi connectivity index (χ0n) is 33.5. The molecule has 2 aliphatic rings. The summed E-state index contributed by atoms with van der Waals surface area (Å²) >= 11 is 0. The zero-order chi connectivity index (χ0) is 42.2. The predicted octanol–water partition coefficient (Wildman–Crippen LogP) is 6.99. The van der Waals surface area contributed by atoms with Gasteiger partial charge in [-0.05, 0) is 149 Å². The van der Waals surface area contributed by atoms with Gasteiger partial charge in [0, 0.05) is 46.3 Å². The van der Waals surface area contributed by atoms with Gasteiger partial charge in [0.15, 0.2) is 19.7 Å². The van der Waals surface area contributed by atoms with Crippen LogP contribution in [-0.4, -0.2) is 105 Å². The van der Waals surface area contributed by atoms with Crippen LogP contribution in [0.3, 0.4) is 0 Å². The highest BCUT2D eigenvalue weighted by molar-refractivity contribution is 7.91. The minimum Gasteiger partial charge on any atom is -0.361 e. The van der Waals surface area contributed by atoms with E-state index in [2.05, 4.69) is 70.5 Å². The highest BCUT2D eigenvalue weighted by Gasteiger charge is 2.24. The molecule has 0 spiro atoms. The number of H-pyrrole nitrogens is 2. The number of likely N-dealkylation sites (tertiary alicyclic amines) is 2. The topological polar surface area (TPSA) is 181 Å². The lowest BCUT2D eigenvalue weighted by atomic mass is 10.0. The molecular formula is C44H54N4O8S3. The van der Waals surface area contributed by atoms with Gasteiger partial charge in [0.1, 0.15) is 0 Å². The van der Waals surface area contributed by atoms with E-state index in [0.29, 0.717) is 34.7 Å². The van der Waals surface area contributed by atoms with Crippen molar-refractivity contribution in [3.05, 3.63) is 132 Å². The fourth-order valence-electron chi connectivity index (χ4n) is 8.08. The number of likely N-dealkylation sites (N-methyl/N-ethyl adjacent to an activating group) is 2. The monoisotopic (exact) mass is 862 g/mol. The summed E-state index contributed by atoms with van der Waals surface area (Å²) in [6, 6.07) is 31.2. The largest absolute Gasteiger partial charge is 0.394 e. The molecule has 4 aromatic carbocycles. The molecule has 59 heavy (non-hydrogen) atoms. The molecule has 2 aliphatic heterocycles. The summed E-state index contributed by atoms with van der Waals surface area (Å²) in [4.78, 5) is 12.4. The van der Waals surface area contributed by atoms with Gasteiger partial charge in [-0.1, -0.05) is 48.5 Å². The molecule has 6 aromatic rings. The fraction of sp³-hybridized carbons (Fsp3) is 0.364. The third kappa shape index (κ3) is 12.4. The SMILES string of the molecule is CN1CCC[C@@H]1Cc1c[nH]c2ccc(CCS(=O)(=O)c3ccccc3)cc12.CN1CCC[C@@H]1Cc1c[nH]c2ccc(CCS(=O)(=O)c3ccccc3)cc12.O=S(=O)(O)O. The van der Waals surface area contributed by atoms with E-state index in [4.69, 9.17) is 17.5 Å². The number of sulfone groups is 2. The summed E-state index contributed by atoms with van der Waals surface area (Å²) < 4.78 is 81.7. The van der Waals surface area contributed by atoms with Crippen LogP contribution < -0.4 is 0 Å². The maximum Gasteiger partial charge on any atom is 0.394 e. The fourth-order valence-corrected chi connectivity index (χ4v) is 10.7. The second-order valence-electron chi connectivity index (χ2n) is 15.6. The van der Waals surface area contributed by atoms with E-state index in [1.807, 2.05) is 24.3 Å². The summed E-state index contributed by atoms with van der Waals surface area (Å²) in [5.74, 6) is 0.265. The molecule has 316 valence electrons. The van der Waals surface area contributed by atoms with E-state index in [1.54, 1.807) is 48.5 Å². The zero-order valence-corrected chi connectivity index (χ0v) is 35.9.